The van der Waals surface area contributed by atoms with Crippen LogP contribution in [-0.4, -0.2) is 6.54 Å². The molecule has 1 unspecified atom stereocenters. The van der Waals surface area contributed by atoms with Crippen LogP contribution in [0.1, 0.15) is 69.0 Å². The molecule has 1 aliphatic rings. The Kier molecular flexibility index (Phi) is 6.16. The molecule has 0 heterocycles. The van der Waals surface area contributed by atoms with E-state index < -0.39 is 11.6 Å². The number of halogens is 2. The van der Waals surface area contributed by atoms with Gasteiger partial charge in [-0.3, -0.25) is 0 Å². The molecule has 0 aliphatic heterocycles. The standard InChI is InChI=1S/C18H27F2N/c1-3-21-18(10-9-14-7-5-4-6-8-14)15-11-13(2)16(19)12-17(15)20/h11-12,14,18,21H,3-10H2,1-2H3. The maximum atomic E-state index is 14.1. The summed E-state index contributed by atoms with van der Waals surface area (Å²) in [6, 6.07) is 2.69. The first-order chi connectivity index (χ1) is 10.1. The molecule has 1 aromatic carbocycles. The zero-order valence-corrected chi connectivity index (χ0v) is 13.2. The molecule has 1 N–H and O–H groups in total. The minimum absolute atomic E-state index is 0.00349. The fraction of sp³-hybridized carbons (Fsp3) is 0.667. The normalized spacial score (nSPS) is 17.9. The van der Waals surface area contributed by atoms with Gasteiger partial charge in [-0.2, -0.15) is 0 Å². The highest BCUT2D eigenvalue weighted by Crippen LogP contribution is 2.31. The van der Waals surface area contributed by atoms with Crippen molar-refractivity contribution >= 4 is 0 Å². The molecule has 21 heavy (non-hydrogen) atoms. The maximum Gasteiger partial charge on any atom is 0.130 e. The molecule has 1 saturated carbocycles. The van der Waals surface area contributed by atoms with Gasteiger partial charge in [0.25, 0.3) is 0 Å². The van der Waals surface area contributed by atoms with Crippen molar-refractivity contribution in [3.8, 4) is 0 Å². The molecule has 0 amide bonds. The second-order valence-electron chi connectivity index (χ2n) is 6.31. The quantitative estimate of drug-likeness (QED) is 0.752. The summed E-state index contributed by atoms with van der Waals surface area (Å²) in [6.45, 7) is 4.52. The molecule has 2 rings (SSSR count). The Hall–Kier alpha value is -0.960. The van der Waals surface area contributed by atoms with Crippen LogP contribution in [0.3, 0.4) is 0 Å². The Bertz CT molecular complexity index is 453. The summed E-state index contributed by atoms with van der Waals surface area (Å²) in [5, 5.41) is 3.36. The minimum atomic E-state index is -0.459. The average molecular weight is 295 g/mol. The zero-order chi connectivity index (χ0) is 15.2. The van der Waals surface area contributed by atoms with Crippen molar-refractivity contribution in [3.05, 3.63) is 34.9 Å². The van der Waals surface area contributed by atoms with Gasteiger partial charge in [0.05, 0.1) is 0 Å². The van der Waals surface area contributed by atoms with Gasteiger partial charge in [0.1, 0.15) is 11.6 Å². The van der Waals surface area contributed by atoms with Gasteiger partial charge in [0, 0.05) is 17.7 Å². The third-order valence-electron chi connectivity index (χ3n) is 4.69. The van der Waals surface area contributed by atoms with Crippen LogP contribution in [0.2, 0.25) is 0 Å². The number of nitrogens with one attached hydrogen (secondary N) is 1. The van der Waals surface area contributed by atoms with E-state index in [4.69, 9.17) is 0 Å². The van der Waals surface area contributed by atoms with E-state index in [1.165, 1.54) is 32.1 Å². The first-order valence-electron chi connectivity index (χ1n) is 8.30. The lowest BCUT2D eigenvalue weighted by atomic mass is 9.84. The predicted octanol–water partition coefficient (Wildman–Crippen LogP) is 5.28. The van der Waals surface area contributed by atoms with Gasteiger partial charge < -0.3 is 5.32 Å². The Morgan fingerprint density at radius 1 is 1.14 bits per heavy atom. The molecular weight excluding hydrogens is 268 g/mol. The summed E-state index contributed by atoms with van der Waals surface area (Å²) in [5.41, 5.74) is 1.14. The monoisotopic (exact) mass is 295 g/mol. The van der Waals surface area contributed by atoms with E-state index in [9.17, 15) is 8.78 Å². The molecule has 1 aliphatic carbocycles. The van der Waals surface area contributed by atoms with Crippen LogP contribution in [0, 0.1) is 24.5 Å². The molecule has 0 spiro atoms. The molecule has 1 fully saturated rings. The first kappa shape index (κ1) is 16.4. The molecule has 1 atom stereocenters. The van der Waals surface area contributed by atoms with Gasteiger partial charge in [-0.05, 0) is 43.9 Å². The lowest BCUT2D eigenvalue weighted by Gasteiger charge is -2.25. The molecular formula is C18H27F2N. The van der Waals surface area contributed by atoms with Gasteiger partial charge in [-0.15, -0.1) is 0 Å². The molecule has 0 saturated heterocycles. The summed E-state index contributed by atoms with van der Waals surface area (Å²) < 4.78 is 27.5. The van der Waals surface area contributed by atoms with Crippen LogP contribution in [0.25, 0.3) is 0 Å². The van der Waals surface area contributed by atoms with E-state index in [2.05, 4.69) is 5.32 Å². The summed E-state index contributed by atoms with van der Waals surface area (Å²) in [6.07, 6.45) is 8.71. The van der Waals surface area contributed by atoms with Gasteiger partial charge >= 0.3 is 0 Å². The molecule has 0 bridgehead atoms. The maximum absolute atomic E-state index is 14.1. The van der Waals surface area contributed by atoms with E-state index in [1.54, 1.807) is 13.0 Å². The first-order valence-corrected chi connectivity index (χ1v) is 8.30. The Morgan fingerprint density at radius 2 is 1.86 bits per heavy atom. The SMILES string of the molecule is CCNC(CCC1CCCCC1)c1cc(C)c(F)cc1F. The van der Waals surface area contributed by atoms with Gasteiger partial charge in [-0.1, -0.05) is 39.0 Å². The fourth-order valence-corrected chi connectivity index (χ4v) is 3.44. The van der Waals surface area contributed by atoms with Crippen molar-refractivity contribution in [1.82, 2.24) is 5.32 Å². The van der Waals surface area contributed by atoms with Crippen LogP contribution in [0.4, 0.5) is 8.78 Å². The number of hydrogen-bond donors (Lipinski definition) is 1. The zero-order valence-electron chi connectivity index (χ0n) is 13.2. The summed E-state index contributed by atoms with van der Waals surface area (Å²) >= 11 is 0. The molecule has 0 radical (unpaired) electrons. The number of hydrogen-bond acceptors (Lipinski definition) is 1. The third-order valence-corrected chi connectivity index (χ3v) is 4.69. The van der Waals surface area contributed by atoms with Gasteiger partial charge in [0.2, 0.25) is 0 Å². The van der Waals surface area contributed by atoms with Crippen molar-refractivity contribution in [1.29, 1.82) is 0 Å². The smallest absolute Gasteiger partial charge is 0.130 e. The average Bonchev–Trinajstić information content (AvgIpc) is 2.48. The predicted molar refractivity (Wildman–Crippen MR) is 83.3 cm³/mol. The summed E-state index contributed by atoms with van der Waals surface area (Å²) in [5.74, 6) is -0.101. The molecule has 1 nitrogen and oxygen atoms in total. The van der Waals surface area contributed by atoms with E-state index in [0.717, 1.165) is 31.4 Å². The number of aryl methyl sites for hydroxylation is 1. The molecule has 3 heteroatoms. The van der Waals surface area contributed by atoms with Crippen molar-refractivity contribution in [2.75, 3.05) is 6.54 Å². The molecule has 0 aromatic heterocycles. The van der Waals surface area contributed by atoms with Crippen LogP contribution in [-0.2, 0) is 0 Å². The second-order valence-corrected chi connectivity index (χ2v) is 6.31. The number of benzene rings is 1. The fourth-order valence-electron chi connectivity index (χ4n) is 3.44. The van der Waals surface area contributed by atoms with E-state index in [-0.39, 0.29) is 6.04 Å². The summed E-state index contributed by atoms with van der Waals surface area (Å²) in [4.78, 5) is 0. The van der Waals surface area contributed by atoms with Crippen molar-refractivity contribution < 1.29 is 8.78 Å². The highest BCUT2D eigenvalue weighted by atomic mass is 19.1. The highest BCUT2D eigenvalue weighted by Gasteiger charge is 2.20. The van der Waals surface area contributed by atoms with E-state index in [1.807, 2.05) is 6.92 Å². The lowest BCUT2D eigenvalue weighted by Crippen LogP contribution is -2.23. The highest BCUT2D eigenvalue weighted by molar-refractivity contribution is 5.28. The second kappa shape index (κ2) is 7.88. The molecule has 1 aromatic rings. The van der Waals surface area contributed by atoms with Gasteiger partial charge in [0.15, 0.2) is 0 Å². The van der Waals surface area contributed by atoms with Crippen LogP contribution < -0.4 is 5.32 Å². The minimum Gasteiger partial charge on any atom is -0.310 e. The van der Waals surface area contributed by atoms with Crippen molar-refractivity contribution in [3.63, 3.8) is 0 Å². The van der Waals surface area contributed by atoms with E-state index >= 15 is 0 Å². The van der Waals surface area contributed by atoms with Gasteiger partial charge in [-0.25, -0.2) is 8.78 Å². The number of rotatable bonds is 6. The Morgan fingerprint density at radius 3 is 2.52 bits per heavy atom. The van der Waals surface area contributed by atoms with Crippen molar-refractivity contribution in [2.24, 2.45) is 5.92 Å². The Labute approximate surface area is 127 Å². The Balaban J connectivity index is 2.05. The summed E-state index contributed by atoms with van der Waals surface area (Å²) in [7, 11) is 0. The van der Waals surface area contributed by atoms with Crippen LogP contribution in [0.5, 0.6) is 0 Å². The lowest BCUT2D eigenvalue weighted by molar-refractivity contribution is 0.313. The van der Waals surface area contributed by atoms with Crippen LogP contribution >= 0.6 is 0 Å². The third kappa shape index (κ3) is 4.50. The van der Waals surface area contributed by atoms with Crippen molar-refractivity contribution in [2.45, 2.75) is 64.8 Å². The van der Waals surface area contributed by atoms with Crippen LogP contribution in [0.15, 0.2) is 12.1 Å². The van der Waals surface area contributed by atoms with E-state index in [0.29, 0.717) is 11.1 Å². The molecule has 118 valence electrons. The topological polar surface area (TPSA) is 12.0 Å². The largest absolute Gasteiger partial charge is 0.310 e.